The van der Waals surface area contributed by atoms with Crippen LogP contribution in [0.5, 0.6) is 0 Å². The summed E-state index contributed by atoms with van der Waals surface area (Å²) in [6.45, 7) is 14.9. The second kappa shape index (κ2) is 6.95. The molecule has 1 aromatic rings. The average Bonchev–Trinajstić information content (AvgIpc) is 2.48. The van der Waals surface area contributed by atoms with Crippen LogP contribution >= 0.6 is 11.3 Å². The average molecular weight is 238 g/mol. The van der Waals surface area contributed by atoms with Crippen LogP contribution in [0, 0.1) is 0 Å². The highest BCUT2D eigenvalue weighted by molar-refractivity contribution is 7.13. The summed E-state index contributed by atoms with van der Waals surface area (Å²) in [5.41, 5.74) is 0.912. The fourth-order valence-corrected chi connectivity index (χ4v) is 1.70. The molecule has 0 unspecified atom stereocenters. The number of thiazole rings is 1. The second-order valence-electron chi connectivity index (χ2n) is 3.00. The van der Waals surface area contributed by atoms with E-state index in [1.165, 1.54) is 18.3 Å². The molecule has 0 radical (unpaired) electrons. The molecular formula is C12H18N2OS. The first-order chi connectivity index (χ1) is 7.49. The topological polar surface area (TPSA) is 42.0 Å². The largest absolute Gasteiger partial charge is 0.302 e. The zero-order valence-corrected chi connectivity index (χ0v) is 11.1. The van der Waals surface area contributed by atoms with Crippen molar-refractivity contribution in [1.82, 2.24) is 4.98 Å². The Balaban J connectivity index is 0.00000106. The smallest absolute Gasteiger partial charge is 0.223 e. The van der Waals surface area contributed by atoms with E-state index < -0.39 is 0 Å². The Morgan fingerprint density at radius 3 is 2.44 bits per heavy atom. The van der Waals surface area contributed by atoms with Gasteiger partial charge in [0.05, 0.1) is 5.35 Å². The quantitative estimate of drug-likeness (QED) is 0.855. The van der Waals surface area contributed by atoms with E-state index in [1.54, 1.807) is 0 Å². The summed E-state index contributed by atoms with van der Waals surface area (Å²) in [6, 6.07) is 0. The van der Waals surface area contributed by atoms with Crippen molar-refractivity contribution in [2.24, 2.45) is 0 Å². The molecule has 0 bridgehead atoms. The Morgan fingerprint density at radius 2 is 2.00 bits per heavy atom. The van der Waals surface area contributed by atoms with Gasteiger partial charge >= 0.3 is 0 Å². The second-order valence-corrected chi connectivity index (χ2v) is 4.08. The lowest BCUT2D eigenvalue weighted by atomic mass is 10.3. The molecule has 0 saturated carbocycles. The van der Waals surface area contributed by atoms with E-state index >= 15 is 0 Å². The van der Waals surface area contributed by atoms with Crippen LogP contribution in [0.1, 0.15) is 27.7 Å². The van der Waals surface area contributed by atoms with E-state index in [2.05, 4.69) is 23.5 Å². The summed E-state index contributed by atoms with van der Waals surface area (Å²) in [6.07, 6.45) is 1.84. The molecule has 0 spiro atoms. The number of aromatic nitrogens is 1. The summed E-state index contributed by atoms with van der Waals surface area (Å²) in [5.74, 6) is -0.124. The van der Waals surface area contributed by atoms with Gasteiger partial charge in [-0.15, -0.1) is 0 Å². The minimum Gasteiger partial charge on any atom is -0.302 e. The van der Waals surface area contributed by atoms with Crippen LogP contribution < -0.4 is 15.2 Å². The Hall–Kier alpha value is -1.42. The number of nitrogens with one attached hydrogen (secondary N) is 1. The van der Waals surface area contributed by atoms with E-state index in [4.69, 9.17) is 0 Å². The molecule has 1 heterocycles. The molecule has 0 aliphatic carbocycles. The van der Waals surface area contributed by atoms with Crippen molar-refractivity contribution in [3.63, 3.8) is 0 Å². The van der Waals surface area contributed by atoms with Gasteiger partial charge in [-0.3, -0.25) is 4.79 Å². The van der Waals surface area contributed by atoms with Gasteiger partial charge in [0, 0.05) is 11.5 Å². The Labute approximate surface area is 100 Å². The Bertz CT molecular complexity index is 474. The van der Waals surface area contributed by atoms with Gasteiger partial charge in [0.25, 0.3) is 0 Å². The maximum atomic E-state index is 10.8. The number of rotatable bonds is 2. The van der Waals surface area contributed by atoms with Crippen molar-refractivity contribution in [1.29, 1.82) is 0 Å². The standard InChI is InChI=1S/C10H12N2OS.C2H6/c1-6(2)5-9-7(3)14-10(12-9)11-8(4)13;1-2/h5H,1,3H2,2,4H3,(H,11,12,13);1-2H3/b9-5+;. The maximum Gasteiger partial charge on any atom is 0.223 e. The van der Waals surface area contributed by atoms with Crippen molar-refractivity contribution in [3.8, 4) is 0 Å². The van der Waals surface area contributed by atoms with Gasteiger partial charge in [-0.05, 0) is 13.0 Å². The van der Waals surface area contributed by atoms with Crippen molar-refractivity contribution in [2.75, 3.05) is 5.32 Å². The van der Waals surface area contributed by atoms with Gasteiger partial charge in [-0.1, -0.05) is 43.9 Å². The number of anilines is 1. The van der Waals surface area contributed by atoms with E-state index in [1.807, 2.05) is 26.8 Å². The first kappa shape index (κ1) is 14.6. The lowest BCUT2D eigenvalue weighted by molar-refractivity contribution is -0.114. The SMILES string of the molecule is C=C(C)/C=c1/nc(NC(C)=O)sc1=C.CC. The highest BCUT2D eigenvalue weighted by Crippen LogP contribution is 2.02. The van der Waals surface area contributed by atoms with Gasteiger partial charge in [-0.25, -0.2) is 4.98 Å². The van der Waals surface area contributed by atoms with Gasteiger partial charge in [0.1, 0.15) is 0 Å². The number of nitrogens with zero attached hydrogens (tertiary/aromatic N) is 1. The molecule has 88 valence electrons. The van der Waals surface area contributed by atoms with E-state index in [0.717, 1.165) is 15.5 Å². The third kappa shape index (κ3) is 4.89. The van der Waals surface area contributed by atoms with Crippen LogP contribution in [0.25, 0.3) is 12.7 Å². The van der Waals surface area contributed by atoms with Gasteiger partial charge in [-0.2, -0.15) is 0 Å². The molecule has 0 atom stereocenters. The number of carbonyl (C=O) groups is 1. The molecule has 0 aliphatic heterocycles. The molecule has 1 rings (SSSR count). The third-order valence-electron chi connectivity index (χ3n) is 1.39. The molecule has 3 nitrogen and oxygen atoms in total. The van der Waals surface area contributed by atoms with Gasteiger partial charge in [0.2, 0.25) is 5.91 Å². The molecule has 0 aliphatic rings. The number of hydrogen-bond acceptors (Lipinski definition) is 3. The number of hydrogen-bond donors (Lipinski definition) is 1. The molecule has 4 heteroatoms. The van der Waals surface area contributed by atoms with Crippen molar-refractivity contribution in [3.05, 3.63) is 22.0 Å². The predicted octanol–water partition coefficient (Wildman–Crippen LogP) is 1.89. The Morgan fingerprint density at radius 1 is 1.44 bits per heavy atom. The van der Waals surface area contributed by atoms with E-state index in [0.29, 0.717) is 5.13 Å². The summed E-state index contributed by atoms with van der Waals surface area (Å²) in [5, 5.41) is 3.97. The molecule has 0 fully saturated rings. The number of amides is 1. The lowest BCUT2D eigenvalue weighted by Crippen LogP contribution is -2.19. The van der Waals surface area contributed by atoms with Crippen molar-refractivity contribution in [2.45, 2.75) is 27.7 Å². The van der Waals surface area contributed by atoms with Crippen LogP contribution in [0.4, 0.5) is 5.13 Å². The molecule has 1 N–H and O–H groups in total. The predicted molar refractivity (Wildman–Crippen MR) is 71.8 cm³/mol. The minimum absolute atomic E-state index is 0.124. The molecule has 0 saturated heterocycles. The van der Waals surface area contributed by atoms with Crippen LogP contribution in [0.3, 0.4) is 0 Å². The summed E-state index contributed by atoms with van der Waals surface area (Å²) < 4.78 is 0.830. The zero-order chi connectivity index (χ0) is 12.7. The molecule has 16 heavy (non-hydrogen) atoms. The van der Waals surface area contributed by atoms with Crippen LogP contribution in [0.15, 0.2) is 12.2 Å². The normalized spacial score (nSPS) is 10.4. The third-order valence-corrected chi connectivity index (χ3v) is 2.24. The maximum absolute atomic E-state index is 10.8. The molecule has 1 amide bonds. The van der Waals surface area contributed by atoms with Crippen molar-refractivity contribution < 1.29 is 4.79 Å². The first-order valence-electron chi connectivity index (χ1n) is 5.09. The van der Waals surface area contributed by atoms with Crippen LogP contribution in [0.2, 0.25) is 0 Å². The fraction of sp³-hybridized carbons (Fsp3) is 0.333. The number of allylic oxidation sites excluding steroid dienone is 1. The van der Waals surface area contributed by atoms with E-state index in [-0.39, 0.29) is 5.91 Å². The summed E-state index contributed by atoms with van der Waals surface area (Å²) in [7, 11) is 0. The monoisotopic (exact) mass is 238 g/mol. The molecule has 0 aromatic carbocycles. The zero-order valence-electron chi connectivity index (χ0n) is 10.3. The summed E-state index contributed by atoms with van der Waals surface area (Å²) in [4.78, 5) is 15.0. The van der Waals surface area contributed by atoms with Gasteiger partial charge in [0.15, 0.2) is 5.13 Å². The molecule has 1 aromatic heterocycles. The first-order valence-corrected chi connectivity index (χ1v) is 5.91. The highest BCUT2D eigenvalue weighted by Gasteiger charge is 1.99. The van der Waals surface area contributed by atoms with Gasteiger partial charge < -0.3 is 5.32 Å². The molecular weight excluding hydrogens is 220 g/mol. The van der Waals surface area contributed by atoms with Crippen LogP contribution in [-0.2, 0) is 4.79 Å². The Kier molecular flexibility index (Phi) is 6.34. The summed E-state index contributed by atoms with van der Waals surface area (Å²) >= 11 is 1.36. The number of carbonyl (C=O) groups excluding carboxylic acids is 1. The van der Waals surface area contributed by atoms with E-state index in [9.17, 15) is 4.79 Å². The fourth-order valence-electron chi connectivity index (χ4n) is 0.914. The minimum atomic E-state index is -0.124. The lowest BCUT2D eigenvalue weighted by Gasteiger charge is -1.91. The van der Waals surface area contributed by atoms with Crippen molar-refractivity contribution >= 4 is 35.0 Å². The highest BCUT2D eigenvalue weighted by atomic mass is 32.1. The van der Waals surface area contributed by atoms with Crippen LogP contribution in [-0.4, -0.2) is 10.9 Å².